The Labute approximate surface area is 110 Å². The van der Waals surface area contributed by atoms with Crippen molar-refractivity contribution in [1.82, 2.24) is 14.6 Å². The third-order valence-corrected chi connectivity index (χ3v) is 3.86. The van der Waals surface area contributed by atoms with Crippen molar-refractivity contribution >= 4 is 16.3 Å². The molecule has 0 N–H and O–H groups in total. The first kappa shape index (κ1) is 11.4. The van der Waals surface area contributed by atoms with Gasteiger partial charge in [0.2, 0.25) is 4.96 Å². The largest absolute Gasteiger partial charge is 0.217 e. The molecule has 0 aliphatic rings. The minimum atomic E-state index is 0.564. The van der Waals surface area contributed by atoms with Gasteiger partial charge in [-0.1, -0.05) is 49.4 Å². The fourth-order valence-electron chi connectivity index (χ4n) is 1.98. The summed E-state index contributed by atoms with van der Waals surface area (Å²) >= 11 is 1.62. The SMILES string of the molecule is Cc1nn2cc(-c3ccc(C(C)C)cc3)nc2s1. The summed E-state index contributed by atoms with van der Waals surface area (Å²) in [6, 6.07) is 8.61. The highest BCUT2D eigenvalue weighted by molar-refractivity contribution is 7.16. The first-order chi connectivity index (χ1) is 8.63. The lowest BCUT2D eigenvalue weighted by molar-refractivity contribution is 0.867. The quantitative estimate of drug-likeness (QED) is 0.697. The van der Waals surface area contributed by atoms with Gasteiger partial charge in [-0.15, -0.1) is 0 Å². The van der Waals surface area contributed by atoms with Gasteiger partial charge in [0.05, 0.1) is 11.9 Å². The zero-order valence-electron chi connectivity index (χ0n) is 10.7. The third kappa shape index (κ3) is 1.93. The van der Waals surface area contributed by atoms with E-state index in [-0.39, 0.29) is 0 Å². The van der Waals surface area contributed by atoms with Gasteiger partial charge in [-0.3, -0.25) is 0 Å². The summed E-state index contributed by atoms with van der Waals surface area (Å²) < 4.78 is 1.85. The fraction of sp³-hybridized carbons (Fsp3) is 0.286. The van der Waals surface area contributed by atoms with E-state index in [2.05, 4.69) is 48.2 Å². The van der Waals surface area contributed by atoms with Crippen LogP contribution in [-0.2, 0) is 0 Å². The minimum Gasteiger partial charge on any atom is -0.217 e. The third-order valence-electron chi connectivity index (χ3n) is 3.02. The maximum atomic E-state index is 4.60. The van der Waals surface area contributed by atoms with E-state index in [1.807, 2.05) is 17.6 Å². The highest BCUT2D eigenvalue weighted by atomic mass is 32.1. The molecule has 0 atom stereocenters. The van der Waals surface area contributed by atoms with Crippen LogP contribution in [0.15, 0.2) is 30.5 Å². The molecular weight excluding hydrogens is 242 g/mol. The number of rotatable bonds is 2. The van der Waals surface area contributed by atoms with Crippen LogP contribution in [0.3, 0.4) is 0 Å². The van der Waals surface area contributed by atoms with Gasteiger partial charge in [-0.05, 0) is 18.4 Å². The molecule has 18 heavy (non-hydrogen) atoms. The Morgan fingerprint density at radius 1 is 1.17 bits per heavy atom. The molecule has 0 aliphatic carbocycles. The Bertz CT molecular complexity index is 645. The van der Waals surface area contributed by atoms with Crippen LogP contribution in [0.1, 0.15) is 30.3 Å². The number of nitrogens with zero attached hydrogens (tertiary/aromatic N) is 3. The monoisotopic (exact) mass is 257 g/mol. The predicted molar refractivity (Wildman–Crippen MR) is 75.1 cm³/mol. The zero-order chi connectivity index (χ0) is 12.7. The standard InChI is InChI=1S/C14H15N3S/c1-9(2)11-4-6-12(7-5-11)13-8-17-14(15-13)18-10(3)16-17/h4-9H,1-3H3. The summed E-state index contributed by atoms with van der Waals surface area (Å²) in [6.45, 7) is 6.40. The highest BCUT2D eigenvalue weighted by Crippen LogP contribution is 2.24. The van der Waals surface area contributed by atoms with E-state index >= 15 is 0 Å². The molecule has 0 saturated heterocycles. The normalized spacial score (nSPS) is 11.6. The molecule has 0 aliphatic heterocycles. The maximum absolute atomic E-state index is 4.60. The molecular formula is C14H15N3S. The van der Waals surface area contributed by atoms with Crippen molar-refractivity contribution < 1.29 is 0 Å². The van der Waals surface area contributed by atoms with Crippen molar-refractivity contribution in [3.05, 3.63) is 41.0 Å². The van der Waals surface area contributed by atoms with Gasteiger partial charge in [0, 0.05) is 5.56 Å². The molecule has 2 heterocycles. The van der Waals surface area contributed by atoms with Crippen molar-refractivity contribution in [2.45, 2.75) is 26.7 Å². The average molecular weight is 257 g/mol. The number of hydrogen-bond acceptors (Lipinski definition) is 3. The van der Waals surface area contributed by atoms with Gasteiger partial charge in [0.25, 0.3) is 0 Å². The van der Waals surface area contributed by atoms with Crippen molar-refractivity contribution in [3.63, 3.8) is 0 Å². The van der Waals surface area contributed by atoms with Gasteiger partial charge in [-0.25, -0.2) is 9.50 Å². The lowest BCUT2D eigenvalue weighted by atomic mass is 10.0. The maximum Gasteiger partial charge on any atom is 0.212 e. The molecule has 0 saturated carbocycles. The van der Waals surface area contributed by atoms with Gasteiger partial charge in [0.15, 0.2) is 0 Å². The van der Waals surface area contributed by atoms with Gasteiger partial charge in [0.1, 0.15) is 5.01 Å². The van der Waals surface area contributed by atoms with Crippen molar-refractivity contribution in [3.8, 4) is 11.3 Å². The predicted octanol–water partition coefficient (Wildman–Crippen LogP) is 3.89. The summed E-state index contributed by atoms with van der Waals surface area (Å²) in [7, 11) is 0. The van der Waals surface area contributed by atoms with Crippen molar-refractivity contribution in [2.75, 3.05) is 0 Å². The molecule has 3 aromatic rings. The first-order valence-corrected chi connectivity index (χ1v) is 6.88. The smallest absolute Gasteiger partial charge is 0.212 e. The second kappa shape index (κ2) is 4.21. The molecule has 0 spiro atoms. The average Bonchev–Trinajstić information content (AvgIpc) is 2.86. The van der Waals surface area contributed by atoms with E-state index in [1.165, 1.54) is 5.56 Å². The molecule has 0 unspecified atom stereocenters. The topological polar surface area (TPSA) is 30.2 Å². The Hall–Kier alpha value is -1.68. The summed E-state index contributed by atoms with van der Waals surface area (Å²) in [5.41, 5.74) is 3.49. The van der Waals surface area contributed by atoms with E-state index in [4.69, 9.17) is 0 Å². The Balaban J connectivity index is 2.00. The molecule has 0 bridgehead atoms. The Morgan fingerprint density at radius 3 is 2.50 bits per heavy atom. The van der Waals surface area contributed by atoms with Gasteiger partial charge in [-0.2, -0.15) is 5.10 Å². The Kier molecular flexibility index (Phi) is 2.67. The van der Waals surface area contributed by atoms with E-state index in [1.54, 1.807) is 11.3 Å². The fourth-order valence-corrected chi connectivity index (χ4v) is 2.70. The van der Waals surface area contributed by atoms with E-state index < -0.39 is 0 Å². The second-order valence-electron chi connectivity index (χ2n) is 4.75. The number of benzene rings is 1. The Morgan fingerprint density at radius 2 is 1.89 bits per heavy atom. The lowest BCUT2D eigenvalue weighted by Crippen LogP contribution is -1.86. The molecule has 2 aromatic heterocycles. The van der Waals surface area contributed by atoms with Crippen LogP contribution >= 0.6 is 11.3 Å². The summed E-state index contributed by atoms with van der Waals surface area (Å²) in [5.74, 6) is 0.564. The molecule has 0 radical (unpaired) electrons. The van der Waals surface area contributed by atoms with Crippen LogP contribution in [0.5, 0.6) is 0 Å². The number of imidazole rings is 1. The molecule has 92 valence electrons. The van der Waals surface area contributed by atoms with Crippen molar-refractivity contribution in [1.29, 1.82) is 0 Å². The van der Waals surface area contributed by atoms with Crippen LogP contribution in [-0.4, -0.2) is 14.6 Å². The van der Waals surface area contributed by atoms with Crippen LogP contribution in [0.2, 0.25) is 0 Å². The van der Waals surface area contributed by atoms with Crippen LogP contribution < -0.4 is 0 Å². The highest BCUT2D eigenvalue weighted by Gasteiger charge is 2.08. The second-order valence-corrected chi connectivity index (χ2v) is 5.91. The minimum absolute atomic E-state index is 0.564. The van der Waals surface area contributed by atoms with Crippen LogP contribution in [0.4, 0.5) is 0 Å². The van der Waals surface area contributed by atoms with Gasteiger partial charge < -0.3 is 0 Å². The van der Waals surface area contributed by atoms with Crippen molar-refractivity contribution in [2.24, 2.45) is 0 Å². The van der Waals surface area contributed by atoms with Crippen LogP contribution in [0, 0.1) is 6.92 Å². The van der Waals surface area contributed by atoms with E-state index in [0.717, 1.165) is 21.2 Å². The summed E-state index contributed by atoms with van der Waals surface area (Å²) in [5, 5.41) is 5.42. The molecule has 3 rings (SSSR count). The molecule has 0 fully saturated rings. The van der Waals surface area contributed by atoms with Gasteiger partial charge >= 0.3 is 0 Å². The molecule has 3 nitrogen and oxygen atoms in total. The number of aromatic nitrogens is 3. The molecule has 4 heteroatoms. The number of hydrogen-bond donors (Lipinski definition) is 0. The number of aryl methyl sites for hydroxylation is 1. The van der Waals surface area contributed by atoms with Crippen LogP contribution in [0.25, 0.3) is 16.2 Å². The molecule has 0 amide bonds. The lowest BCUT2D eigenvalue weighted by Gasteiger charge is -2.05. The van der Waals surface area contributed by atoms with E-state index in [0.29, 0.717) is 5.92 Å². The number of fused-ring (bicyclic) bond motifs is 1. The zero-order valence-corrected chi connectivity index (χ0v) is 11.5. The molecule has 1 aromatic carbocycles. The first-order valence-electron chi connectivity index (χ1n) is 6.06. The van der Waals surface area contributed by atoms with E-state index in [9.17, 15) is 0 Å². The summed E-state index contributed by atoms with van der Waals surface area (Å²) in [4.78, 5) is 5.55. The summed E-state index contributed by atoms with van der Waals surface area (Å²) in [6.07, 6.45) is 1.99.